The van der Waals surface area contributed by atoms with Gasteiger partial charge in [0.15, 0.2) is 0 Å². The molecule has 0 radical (unpaired) electrons. The fourth-order valence-corrected chi connectivity index (χ4v) is 2.42. The van der Waals surface area contributed by atoms with Crippen LogP contribution in [0.15, 0.2) is 24.5 Å². The molecule has 2 aromatic heterocycles. The van der Waals surface area contributed by atoms with Gasteiger partial charge in [0.2, 0.25) is 0 Å². The van der Waals surface area contributed by atoms with Gasteiger partial charge in [-0.15, -0.1) is 11.3 Å². The third-order valence-electron chi connectivity index (χ3n) is 2.18. The van der Waals surface area contributed by atoms with Crippen LogP contribution in [0.25, 0.3) is 10.6 Å². The fraction of sp³-hybridized carbons (Fsp3) is 0.273. The summed E-state index contributed by atoms with van der Waals surface area (Å²) < 4.78 is 0. The van der Waals surface area contributed by atoms with Crippen molar-refractivity contribution in [3.8, 4) is 10.6 Å². The molecule has 0 fully saturated rings. The van der Waals surface area contributed by atoms with Gasteiger partial charge in [-0.2, -0.15) is 0 Å². The number of pyridine rings is 1. The van der Waals surface area contributed by atoms with Crippen LogP contribution in [0.1, 0.15) is 17.5 Å². The van der Waals surface area contributed by atoms with Crippen LogP contribution in [0.3, 0.4) is 0 Å². The monoisotopic (exact) mass is 220 g/mol. The number of hydrogen-bond donors (Lipinski definition) is 1. The summed E-state index contributed by atoms with van der Waals surface area (Å²) in [5.41, 5.74) is 2.05. The minimum absolute atomic E-state index is 0.0753. The summed E-state index contributed by atoms with van der Waals surface area (Å²) in [6.07, 6.45) is 4.36. The van der Waals surface area contributed by atoms with Crippen LogP contribution in [0.2, 0.25) is 0 Å². The maximum absolute atomic E-state index is 9.17. The molecule has 0 bridgehead atoms. The third kappa shape index (κ3) is 2.06. The Hall–Kier alpha value is -1.26. The Morgan fingerprint density at radius 1 is 1.33 bits per heavy atom. The predicted molar refractivity (Wildman–Crippen MR) is 60.6 cm³/mol. The van der Waals surface area contributed by atoms with Gasteiger partial charge in [0.05, 0.1) is 17.2 Å². The number of aromatic nitrogens is 2. The molecule has 15 heavy (non-hydrogen) atoms. The van der Waals surface area contributed by atoms with Gasteiger partial charge in [0.1, 0.15) is 5.01 Å². The summed E-state index contributed by atoms with van der Waals surface area (Å²) in [6.45, 7) is 2.12. The largest absolute Gasteiger partial charge is 0.391 e. The molecule has 0 saturated heterocycles. The summed E-state index contributed by atoms with van der Waals surface area (Å²) in [6, 6.07) is 3.86. The molecule has 0 unspecified atom stereocenters. The molecule has 0 atom stereocenters. The highest BCUT2D eigenvalue weighted by molar-refractivity contribution is 7.15. The van der Waals surface area contributed by atoms with Crippen LogP contribution >= 0.6 is 11.3 Å². The molecule has 2 rings (SSSR count). The first-order chi connectivity index (χ1) is 7.35. The molecule has 0 aliphatic carbocycles. The second-order valence-corrected chi connectivity index (χ2v) is 4.22. The lowest BCUT2D eigenvalue weighted by molar-refractivity contribution is 0.284. The van der Waals surface area contributed by atoms with E-state index in [1.165, 1.54) is 0 Å². The standard InChI is InChI=1S/C11H12N2OS/c1-2-9-10(7-14)15-11(13-9)8-3-5-12-6-4-8/h3-6,14H,2,7H2,1H3. The number of rotatable bonds is 3. The van der Waals surface area contributed by atoms with Gasteiger partial charge in [-0.1, -0.05) is 6.92 Å². The van der Waals surface area contributed by atoms with Crippen LogP contribution in [-0.4, -0.2) is 15.1 Å². The van der Waals surface area contributed by atoms with Crippen molar-refractivity contribution < 1.29 is 5.11 Å². The minimum Gasteiger partial charge on any atom is -0.391 e. The lowest BCUT2D eigenvalue weighted by Gasteiger charge is -1.92. The molecule has 1 N–H and O–H groups in total. The quantitative estimate of drug-likeness (QED) is 0.863. The SMILES string of the molecule is CCc1nc(-c2ccncc2)sc1CO. The summed E-state index contributed by atoms with van der Waals surface area (Å²) in [7, 11) is 0. The van der Waals surface area contributed by atoms with E-state index >= 15 is 0 Å². The van der Waals surface area contributed by atoms with Gasteiger partial charge in [-0.05, 0) is 18.6 Å². The fourth-order valence-electron chi connectivity index (χ4n) is 1.40. The normalized spacial score (nSPS) is 10.5. The molecule has 0 aliphatic heterocycles. The van der Waals surface area contributed by atoms with Gasteiger partial charge in [0.25, 0.3) is 0 Å². The molecule has 2 heterocycles. The Kier molecular flexibility index (Phi) is 3.08. The Bertz CT molecular complexity index is 418. The van der Waals surface area contributed by atoms with Crippen LogP contribution in [-0.2, 0) is 13.0 Å². The van der Waals surface area contributed by atoms with Crippen molar-refractivity contribution in [2.75, 3.05) is 0 Å². The Morgan fingerprint density at radius 3 is 2.60 bits per heavy atom. The molecular weight excluding hydrogens is 208 g/mol. The van der Waals surface area contributed by atoms with Crippen molar-refractivity contribution in [3.63, 3.8) is 0 Å². The van der Waals surface area contributed by atoms with E-state index in [2.05, 4.69) is 9.97 Å². The van der Waals surface area contributed by atoms with E-state index in [0.29, 0.717) is 0 Å². The molecule has 0 aliphatic rings. The van der Waals surface area contributed by atoms with Crippen molar-refractivity contribution in [3.05, 3.63) is 35.1 Å². The second kappa shape index (κ2) is 4.51. The zero-order valence-corrected chi connectivity index (χ0v) is 9.29. The van der Waals surface area contributed by atoms with E-state index in [0.717, 1.165) is 27.6 Å². The molecule has 0 spiro atoms. The Balaban J connectivity index is 2.42. The van der Waals surface area contributed by atoms with Crippen molar-refractivity contribution in [2.45, 2.75) is 20.0 Å². The summed E-state index contributed by atoms with van der Waals surface area (Å²) in [5.74, 6) is 0. The molecule has 2 aromatic rings. The third-order valence-corrected chi connectivity index (χ3v) is 3.32. The van der Waals surface area contributed by atoms with E-state index in [4.69, 9.17) is 5.11 Å². The van der Waals surface area contributed by atoms with Crippen LogP contribution in [0.5, 0.6) is 0 Å². The first-order valence-electron chi connectivity index (χ1n) is 4.85. The number of thiazole rings is 1. The minimum atomic E-state index is 0.0753. The Labute approximate surface area is 92.5 Å². The maximum atomic E-state index is 9.17. The van der Waals surface area contributed by atoms with Gasteiger partial charge >= 0.3 is 0 Å². The van der Waals surface area contributed by atoms with E-state index in [9.17, 15) is 0 Å². The zero-order valence-electron chi connectivity index (χ0n) is 8.47. The van der Waals surface area contributed by atoms with Crippen molar-refractivity contribution in [1.29, 1.82) is 0 Å². The van der Waals surface area contributed by atoms with Gasteiger partial charge in [-0.25, -0.2) is 4.98 Å². The van der Waals surface area contributed by atoms with Crippen molar-refractivity contribution in [1.82, 2.24) is 9.97 Å². The van der Waals surface area contributed by atoms with E-state index in [-0.39, 0.29) is 6.61 Å². The topological polar surface area (TPSA) is 46.0 Å². The average molecular weight is 220 g/mol. The molecule has 0 amide bonds. The van der Waals surface area contributed by atoms with Gasteiger partial charge in [-0.3, -0.25) is 4.98 Å². The van der Waals surface area contributed by atoms with Crippen molar-refractivity contribution in [2.24, 2.45) is 0 Å². The molecule has 78 valence electrons. The van der Waals surface area contributed by atoms with Gasteiger partial charge < -0.3 is 5.11 Å². The van der Waals surface area contributed by atoms with Crippen molar-refractivity contribution >= 4 is 11.3 Å². The Morgan fingerprint density at radius 2 is 2.07 bits per heavy atom. The molecule has 4 heteroatoms. The van der Waals surface area contributed by atoms with E-state index in [1.807, 2.05) is 19.1 Å². The first-order valence-corrected chi connectivity index (χ1v) is 5.66. The number of nitrogens with zero attached hydrogens (tertiary/aromatic N) is 2. The number of aliphatic hydroxyl groups is 1. The highest BCUT2D eigenvalue weighted by atomic mass is 32.1. The molecule has 3 nitrogen and oxygen atoms in total. The summed E-state index contributed by atoms with van der Waals surface area (Å²) in [4.78, 5) is 9.43. The molecular formula is C11H12N2OS. The zero-order chi connectivity index (χ0) is 10.7. The highest BCUT2D eigenvalue weighted by Gasteiger charge is 2.09. The predicted octanol–water partition coefficient (Wildman–Crippen LogP) is 2.26. The first kappa shape index (κ1) is 10.3. The van der Waals surface area contributed by atoms with E-state index in [1.54, 1.807) is 23.7 Å². The summed E-state index contributed by atoms with van der Waals surface area (Å²) in [5, 5.41) is 10.1. The van der Waals surface area contributed by atoms with Crippen LogP contribution < -0.4 is 0 Å². The highest BCUT2D eigenvalue weighted by Crippen LogP contribution is 2.27. The number of aliphatic hydroxyl groups excluding tert-OH is 1. The molecule has 0 aromatic carbocycles. The van der Waals surface area contributed by atoms with Crippen LogP contribution in [0.4, 0.5) is 0 Å². The molecule has 0 saturated carbocycles. The lowest BCUT2D eigenvalue weighted by atomic mass is 10.3. The smallest absolute Gasteiger partial charge is 0.124 e. The van der Waals surface area contributed by atoms with Crippen LogP contribution in [0, 0.1) is 0 Å². The number of aryl methyl sites for hydroxylation is 1. The average Bonchev–Trinajstić information content (AvgIpc) is 2.73. The lowest BCUT2D eigenvalue weighted by Crippen LogP contribution is -1.87. The second-order valence-electron chi connectivity index (χ2n) is 3.14. The summed E-state index contributed by atoms with van der Waals surface area (Å²) >= 11 is 1.55. The maximum Gasteiger partial charge on any atom is 0.124 e. The number of hydrogen-bond acceptors (Lipinski definition) is 4. The van der Waals surface area contributed by atoms with E-state index < -0.39 is 0 Å². The van der Waals surface area contributed by atoms with Gasteiger partial charge in [0, 0.05) is 18.0 Å².